The molecule has 0 saturated carbocycles. The smallest absolute Gasteiger partial charge is 0.330 e. The van der Waals surface area contributed by atoms with Gasteiger partial charge in [-0.05, 0) is 59.9 Å². The monoisotopic (exact) mass is 600 g/mol. The van der Waals surface area contributed by atoms with Gasteiger partial charge in [-0.3, -0.25) is 0 Å². The van der Waals surface area contributed by atoms with Crippen LogP contribution >= 0.6 is 0 Å². The highest BCUT2D eigenvalue weighted by molar-refractivity contribution is 5.87. The number of likely N-dealkylation sites (N-methyl/N-ethyl adjacent to an activating group) is 1. The highest BCUT2D eigenvalue weighted by atomic mass is 16.5. The van der Waals surface area contributed by atoms with Crippen LogP contribution in [0.4, 0.5) is 0 Å². The van der Waals surface area contributed by atoms with E-state index in [-0.39, 0.29) is 12.6 Å². The molecule has 0 spiro atoms. The SMILES string of the molecule is CCC(CCC(C)c1ccccc1C[N+](C)(C)CCCO)c1cccc(C[N+](C)(C)CCOC(=O)C=Cc2ccccc2)c1. The van der Waals surface area contributed by atoms with Crippen molar-refractivity contribution < 1.29 is 23.6 Å². The molecule has 44 heavy (non-hydrogen) atoms. The first-order valence-corrected chi connectivity index (χ1v) is 16.3. The molecule has 0 amide bonds. The molecule has 0 heterocycles. The van der Waals surface area contributed by atoms with Crippen LogP contribution in [-0.2, 0) is 22.6 Å². The highest BCUT2D eigenvalue weighted by Gasteiger charge is 2.22. The molecule has 3 rings (SSSR count). The molecular formula is C39H56N2O3+2. The summed E-state index contributed by atoms with van der Waals surface area (Å²) < 4.78 is 7.14. The zero-order valence-corrected chi connectivity index (χ0v) is 28.0. The van der Waals surface area contributed by atoms with Crippen molar-refractivity contribution >= 4 is 12.0 Å². The van der Waals surface area contributed by atoms with Crippen molar-refractivity contribution in [2.45, 2.75) is 64.5 Å². The van der Waals surface area contributed by atoms with Crippen LogP contribution in [0.3, 0.4) is 0 Å². The second kappa shape index (κ2) is 17.3. The average molecular weight is 601 g/mol. The topological polar surface area (TPSA) is 46.5 Å². The van der Waals surface area contributed by atoms with Gasteiger partial charge in [0.25, 0.3) is 0 Å². The van der Waals surface area contributed by atoms with Gasteiger partial charge in [-0.2, -0.15) is 0 Å². The molecule has 0 aliphatic carbocycles. The molecule has 2 atom stereocenters. The van der Waals surface area contributed by atoms with Crippen LogP contribution in [0.25, 0.3) is 6.08 Å². The van der Waals surface area contributed by atoms with Crippen molar-refractivity contribution in [3.63, 3.8) is 0 Å². The van der Waals surface area contributed by atoms with Crippen LogP contribution in [0.15, 0.2) is 84.9 Å². The summed E-state index contributed by atoms with van der Waals surface area (Å²) in [6.07, 6.45) is 7.55. The zero-order valence-electron chi connectivity index (χ0n) is 28.0. The van der Waals surface area contributed by atoms with E-state index in [2.05, 4.69) is 90.6 Å². The van der Waals surface area contributed by atoms with Crippen LogP contribution in [0.5, 0.6) is 0 Å². The fraction of sp³-hybridized carbons (Fsp3) is 0.462. The fourth-order valence-electron chi connectivity index (χ4n) is 6.10. The lowest BCUT2D eigenvalue weighted by Gasteiger charge is -2.31. The van der Waals surface area contributed by atoms with E-state index in [0.29, 0.717) is 18.4 Å². The molecule has 3 aromatic rings. The summed E-state index contributed by atoms with van der Waals surface area (Å²) in [7, 11) is 8.91. The number of quaternary nitrogens is 2. The number of hydrogen-bond donors (Lipinski definition) is 1. The van der Waals surface area contributed by atoms with E-state index in [1.54, 1.807) is 6.08 Å². The summed E-state index contributed by atoms with van der Waals surface area (Å²) in [6.45, 7) is 8.90. The number of aliphatic hydroxyl groups is 1. The maximum absolute atomic E-state index is 12.2. The Morgan fingerprint density at radius 2 is 1.57 bits per heavy atom. The minimum atomic E-state index is -0.303. The predicted octanol–water partition coefficient (Wildman–Crippen LogP) is 7.56. The van der Waals surface area contributed by atoms with E-state index in [4.69, 9.17) is 4.74 Å². The number of rotatable bonds is 18. The van der Waals surface area contributed by atoms with E-state index in [1.807, 2.05) is 30.3 Å². The number of benzene rings is 3. The van der Waals surface area contributed by atoms with Crippen LogP contribution in [-0.4, -0.2) is 74.5 Å². The van der Waals surface area contributed by atoms with E-state index in [1.165, 1.54) is 28.3 Å². The molecule has 0 aromatic heterocycles. The number of nitrogens with zero attached hydrogens (tertiary/aromatic N) is 2. The summed E-state index contributed by atoms with van der Waals surface area (Å²) in [4.78, 5) is 12.2. The molecule has 0 aliphatic rings. The second-order valence-corrected chi connectivity index (χ2v) is 13.7. The maximum atomic E-state index is 12.2. The Balaban J connectivity index is 1.55. The van der Waals surface area contributed by atoms with Crippen LogP contribution < -0.4 is 0 Å². The van der Waals surface area contributed by atoms with Gasteiger partial charge >= 0.3 is 5.97 Å². The third-order valence-electron chi connectivity index (χ3n) is 8.73. The number of esters is 1. The van der Waals surface area contributed by atoms with Crippen molar-refractivity contribution in [1.29, 1.82) is 0 Å². The van der Waals surface area contributed by atoms with Gasteiger partial charge in [-0.1, -0.05) is 86.6 Å². The van der Waals surface area contributed by atoms with Gasteiger partial charge in [0.05, 0.1) is 34.7 Å². The lowest BCUT2D eigenvalue weighted by molar-refractivity contribution is -0.903. The summed E-state index contributed by atoms with van der Waals surface area (Å²) >= 11 is 0. The first-order chi connectivity index (χ1) is 21.0. The Morgan fingerprint density at radius 3 is 2.30 bits per heavy atom. The van der Waals surface area contributed by atoms with Gasteiger partial charge in [0, 0.05) is 30.2 Å². The zero-order chi connectivity index (χ0) is 32.0. The van der Waals surface area contributed by atoms with Gasteiger partial charge in [-0.25, -0.2) is 4.79 Å². The summed E-state index contributed by atoms with van der Waals surface area (Å²) in [5.41, 5.74) is 6.61. The molecule has 5 heteroatoms. The summed E-state index contributed by atoms with van der Waals surface area (Å²) in [6, 6.07) is 27.8. The average Bonchev–Trinajstić information content (AvgIpc) is 2.99. The number of carbonyl (C=O) groups excluding carboxylic acids is 1. The van der Waals surface area contributed by atoms with Crippen LogP contribution in [0.2, 0.25) is 0 Å². The number of hydrogen-bond acceptors (Lipinski definition) is 3. The number of aliphatic hydroxyl groups excluding tert-OH is 1. The summed E-state index contributed by atoms with van der Waals surface area (Å²) in [5.74, 6) is 0.708. The third kappa shape index (κ3) is 12.0. The van der Waals surface area contributed by atoms with Crippen LogP contribution in [0.1, 0.15) is 79.2 Å². The predicted molar refractivity (Wildman–Crippen MR) is 183 cm³/mol. The number of ether oxygens (including phenoxy) is 1. The Kier molecular flexibility index (Phi) is 13.8. The molecule has 0 aliphatic heterocycles. The van der Waals surface area contributed by atoms with Gasteiger partial charge in [0.2, 0.25) is 0 Å². The fourth-order valence-corrected chi connectivity index (χ4v) is 6.10. The molecule has 3 aromatic carbocycles. The van der Waals surface area contributed by atoms with E-state index >= 15 is 0 Å². The van der Waals surface area contributed by atoms with Crippen molar-refractivity contribution in [2.75, 3.05) is 54.5 Å². The molecule has 1 N–H and O–H groups in total. The van der Waals surface area contributed by atoms with Gasteiger partial charge in [0.1, 0.15) is 26.2 Å². The molecule has 238 valence electrons. The highest BCUT2D eigenvalue weighted by Crippen LogP contribution is 2.32. The lowest BCUT2D eigenvalue weighted by Crippen LogP contribution is -2.41. The van der Waals surface area contributed by atoms with Crippen molar-refractivity contribution in [3.05, 3.63) is 113 Å². The Labute approximate surface area is 267 Å². The Hall–Kier alpha value is -3.25. The molecule has 0 bridgehead atoms. The Morgan fingerprint density at radius 1 is 0.864 bits per heavy atom. The summed E-state index contributed by atoms with van der Waals surface area (Å²) in [5, 5.41) is 9.32. The molecule has 2 unspecified atom stereocenters. The molecule has 0 fully saturated rings. The van der Waals surface area contributed by atoms with Gasteiger partial charge in [0.15, 0.2) is 0 Å². The van der Waals surface area contributed by atoms with Crippen molar-refractivity contribution in [1.82, 2.24) is 0 Å². The minimum absolute atomic E-state index is 0.249. The normalized spacial score (nSPS) is 13.6. The number of carbonyl (C=O) groups is 1. The first-order valence-electron chi connectivity index (χ1n) is 16.3. The second-order valence-electron chi connectivity index (χ2n) is 13.7. The van der Waals surface area contributed by atoms with E-state index < -0.39 is 0 Å². The van der Waals surface area contributed by atoms with Gasteiger partial charge < -0.3 is 18.8 Å². The van der Waals surface area contributed by atoms with Crippen molar-refractivity contribution in [2.24, 2.45) is 0 Å². The quantitative estimate of drug-likeness (QED) is 0.0932. The molecular weight excluding hydrogens is 544 g/mol. The molecule has 0 radical (unpaired) electrons. The van der Waals surface area contributed by atoms with Crippen molar-refractivity contribution in [3.8, 4) is 0 Å². The Bertz CT molecular complexity index is 1320. The lowest BCUT2D eigenvalue weighted by atomic mass is 9.85. The standard InChI is InChI=1S/C39H56N2O3/c1-7-35(23-21-32(2)38-20-12-11-18-37(38)31-40(3,4)25-14-27-42)36-19-13-17-34(29-36)30-41(5,6)26-28-44-39(43)24-22-33-15-9-8-10-16-33/h8-13,15-20,22,24,29,32,35,42H,7,14,21,23,25-28,30-31H2,1-6H3/q+2. The first kappa shape index (κ1) is 35.2. The maximum Gasteiger partial charge on any atom is 0.330 e. The van der Waals surface area contributed by atoms with E-state index in [0.717, 1.165) is 66.4 Å². The van der Waals surface area contributed by atoms with E-state index in [9.17, 15) is 9.90 Å². The van der Waals surface area contributed by atoms with Crippen LogP contribution in [0, 0.1) is 0 Å². The minimum Gasteiger partial charge on any atom is -0.457 e. The van der Waals surface area contributed by atoms with Gasteiger partial charge in [-0.15, -0.1) is 0 Å². The molecule has 0 saturated heterocycles. The third-order valence-corrected chi connectivity index (χ3v) is 8.73. The largest absolute Gasteiger partial charge is 0.457 e. The molecule has 5 nitrogen and oxygen atoms in total.